The number of halogens is 2. The molecule has 0 radical (unpaired) electrons. The molecule has 0 nitrogen and oxygen atoms in total. The van der Waals surface area contributed by atoms with Gasteiger partial charge in [0.2, 0.25) is 0 Å². The average Bonchev–Trinajstić information content (AvgIpc) is 3.94. The first-order chi connectivity index (χ1) is 27.8. The van der Waals surface area contributed by atoms with Gasteiger partial charge in [-0.05, 0) is 0 Å². The van der Waals surface area contributed by atoms with E-state index in [-0.39, 0.29) is 19.1 Å². The molecule has 58 heavy (non-hydrogen) atoms. The van der Waals surface area contributed by atoms with E-state index in [1.165, 1.54) is 91.6 Å². The van der Waals surface area contributed by atoms with Crippen LogP contribution in [-0.4, -0.2) is 9.52 Å². The summed E-state index contributed by atoms with van der Waals surface area (Å²) in [7, 11) is 17.9. The van der Waals surface area contributed by atoms with Crippen LogP contribution < -0.4 is 13.6 Å². The van der Waals surface area contributed by atoms with Crippen molar-refractivity contribution in [3.8, 4) is 33.4 Å². The second-order valence-corrected chi connectivity index (χ2v) is 40.8. The fourth-order valence-electron chi connectivity index (χ4n) is 11.1. The van der Waals surface area contributed by atoms with Crippen molar-refractivity contribution >= 4 is 52.3 Å². The minimum absolute atomic E-state index is 0.111. The molecule has 4 heteroatoms. The van der Waals surface area contributed by atoms with Crippen LogP contribution >= 0.6 is 17.0 Å². The quantitative estimate of drug-likeness (QED) is 0.127. The number of hydrogen-bond donors (Lipinski definition) is 0. The van der Waals surface area contributed by atoms with Crippen LogP contribution in [0.15, 0.2) is 139 Å². The summed E-state index contributed by atoms with van der Waals surface area (Å²) in [5.41, 5.74) is 18.6. The first-order valence-electron chi connectivity index (χ1n) is 21.5. The van der Waals surface area contributed by atoms with Gasteiger partial charge in [-0.2, -0.15) is 0 Å². The average molecular weight is 894 g/mol. The predicted molar refractivity (Wildman–Crippen MR) is 254 cm³/mol. The first kappa shape index (κ1) is 39.9. The van der Waals surface area contributed by atoms with Gasteiger partial charge in [0, 0.05) is 0 Å². The fraction of sp³-hybridized carbons (Fsp3) is 0.259. The normalized spacial score (nSPS) is 18.0. The molecule has 0 N–H and O–H groups in total. The SMILES string of the molecule is CC(C)C1=Cc2c(-c3ccccc3C(C)C)cccc2[CH]1[Zr]([Cl])([Cl])([c]1cccc2c1[SiH2]c1ccccc1-2)[CH]1C(C(C)C)=Cc2c(-c3ccccc3C(C)C)cccc21. The van der Waals surface area contributed by atoms with Crippen LogP contribution in [0.5, 0.6) is 0 Å². The molecule has 0 saturated heterocycles. The molecule has 3 aliphatic rings. The molecule has 0 amide bonds. The van der Waals surface area contributed by atoms with Gasteiger partial charge in [-0.25, -0.2) is 0 Å². The van der Waals surface area contributed by atoms with Gasteiger partial charge in [-0.3, -0.25) is 0 Å². The summed E-state index contributed by atoms with van der Waals surface area (Å²) in [6, 6.07) is 48.0. The van der Waals surface area contributed by atoms with Crippen molar-refractivity contribution in [3.63, 3.8) is 0 Å². The summed E-state index contributed by atoms with van der Waals surface area (Å²) in [6.45, 7) is 18.6. The van der Waals surface area contributed by atoms with Crippen LogP contribution in [0, 0.1) is 11.8 Å². The molecule has 0 saturated carbocycles. The summed E-state index contributed by atoms with van der Waals surface area (Å²) in [4.78, 5) is 0. The third-order valence-corrected chi connectivity index (χ3v) is 36.3. The number of benzene rings is 6. The fourth-order valence-corrected chi connectivity index (χ4v) is 39.3. The van der Waals surface area contributed by atoms with E-state index in [9.17, 15) is 17.0 Å². The molecule has 2 atom stereocenters. The van der Waals surface area contributed by atoms with Crippen molar-refractivity contribution < 1.29 is 16.4 Å². The Morgan fingerprint density at radius 3 is 1.33 bits per heavy atom. The van der Waals surface area contributed by atoms with Gasteiger partial charge < -0.3 is 0 Å². The Labute approximate surface area is 357 Å². The van der Waals surface area contributed by atoms with Crippen molar-refractivity contribution in [1.29, 1.82) is 0 Å². The van der Waals surface area contributed by atoms with Gasteiger partial charge in [-0.1, -0.05) is 0 Å². The number of rotatable bonds is 9. The molecule has 0 bridgehead atoms. The number of hydrogen-bond acceptors (Lipinski definition) is 0. The van der Waals surface area contributed by atoms with Gasteiger partial charge in [0.25, 0.3) is 0 Å². The third kappa shape index (κ3) is 6.06. The van der Waals surface area contributed by atoms with Crippen molar-refractivity contribution in [2.75, 3.05) is 0 Å². The van der Waals surface area contributed by atoms with Crippen LogP contribution in [0.3, 0.4) is 0 Å². The Kier molecular flexibility index (Phi) is 10.2. The zero-order valence-electron chi connectivity index (χ0n) is 35.2. The predicted octanol–water partition coefficient (Wildman–Crippen LogP) is 13.6. The summed E-state index contributed by atoms with van der Waals surface area (Å²) in [6.07, 6.45) is 5.04. The van der Waals surface area contributed by atoms with Crippen molar-refractivity contribution in [2.24, 2.45) is 11.8 Å². The minimum atomic E-state index is -5.66. The standard InChI is InChI=1S/2C21H23.C12H9Si.2ClH.Zr/c2*1-14(2)17-12-16-8-7-11-20(21(16)13-17)19-10-6-5-9-18(19)15(3)4;1-3-7-11-9(5-1)10-6-2-4-8-12(10)13-11;;;/h2*5-15H,1-4H3;1-7H,13H2;2*1H;/q;;;;;+2/p-2. The van der Waals surface area contributed by atoms with E-state index < -0.39 is 25.9 Å². The molecule has 0 spiro atoms. The monoisotopic (exact) mass is 891 g/mol. The maximum absolute atomic E-state index is 9.37. The van der Waals surface area contributed by atoms with Gasteiger partial charge in [-0.15, -0.1) is 0 Å². The molecular weight excluding hydrogens is 839 g/mol. The van der Waals surface area contributed by atoms with E-state index in [0.29, 0.717) is 11.8 Å². The Bertz CT molecular complexity index is 2540. The van der Waals surface area contributed by atoms with Crippen LogP contribution in [0.4, 0.5) is 0 Å². The van der Waals surface area contributed by atoms with E-state index in [2.05, 4.69) is 195 Å². The van der Waals surface area contributed by atoms with Crippen LogP contribution in [0.2, 0.25) is 0 Å². The molecule has 1 aliphatic heterocycles. The summed E-state index contributed by atoms with van der Waals surface area (Å²) in [5, 5.41) is 2.96. The van der Waals surface area contributed by atoms with Gasteiger partial charge in [0.1, 0.15) is 0 Å². The van der Waals surface area contributed by atoms with Crippen molar-refractivity contribution in [3.05, 3.63) is 172 Å². The van der Waals surface area contributed by atoms with Gasteiger partial charge in [0.15, 0.2) is 0 Å². The van der Waals surface area contributed by atoms with E-state index in [4.69, 9.17) is 0 Å². The molecule has 2 aliphatic carbocycles. The van der Waals surface area contributed by atoms with E-state index in [1.807, 2.05) is 0 Å². The molecule has 2 unspecified atom stereocenters. The summed E-state index contributed by atoms with van der Waals surface area (Å²) < 4.78 is 1.07. The number of allylic oxidation sites excluding steroid dienone is 2. The second-order valence-electron chi connectivity index (χ2n) is 18.4. The molecular formula is C54H55Cl2SiZr. The molecule has 0 aromatic heterocycles. The molecule has 9 rings (SSSR count). The Hall–Kier alpha value is -3.52. The van der Waals surface area contributed by atoms with Gasteiger partial charge in [0.05, 0.1) is 0 Å². The van der Waals surface area contributed by atoms with Crippen molar-refractivity contribution in [1.82, 2.24) is 0 Å². The second kappa shape index (κ2) is 14.9. The summed E-state index contributed by atoms with van der Waals surface area (Å²) >= 11 is -5.66. The molecule has 293 valence electrons. The van der Waals surface area contributed by atoms with E-state index in [0.717, 1.165) is 0 Å². The number of fused-ring (bicyclic) bond motifs is 5. The first-order valence-corrected chi connectivity index (χ1v) is 33.3. The summed E-state index contributed by atoms with van der Waals surface area (Å²) in [5.74, 6) is 1.29. The van der Waals surface area contributed by atoms with Crippen molar-refractivity contribution in [2.45, 2.75) is 74.5 Å². The zero-order chi connectivity index (χ0) is 40.7. The van der Waals surface area contributed by atoms with Crippen LogP contribution in [0.1, 0.15) is 108 Å². The molecule has 6 aromatic rings. The third-order valence-electron chi connectivity index (χ3n) is 13.7. The molecule has 6 aromatic carbocycles. The Morgan fingerprint density at radius 2 is 0.845 bits per heavy atom. The molecule has 1 heterocycles. The maximum atomic E-state index is 9.37. The van der Waals surface area contributed by atoms with E-state index >= 15 is 0 Å². The topological polar surface area (TPSA) is 0 Å². The Morgan fingerprint density at radius 1 is 0.431 bits per heavy atom. The Balaban J connectivity index is 1.38. The van der Waals surface area contributed by atoms with E-state index in [1.54, 1.807) is 0 Å². The van der Waals surface area contributed by atoms with Gasteiger partial charge >= 0.3 is 360 Å². The van der Waals surface area contributed by atoms with Crippen LogP contribution in [0.25, 0.3) is 45.5 Å². The molecule has 0 fully saturated rings. The zero-order valence-corrected chi connectivity index (χ0v) is 40.6. The van der Waals surface area contributed by atoms with Crippen LogP contribution in [-0.2, 0) is 16.4 Å².